The van der Waals surface area contributed by atoms with Crippen molar-refractivity contribution in [2.24, 2.45) is 10.8 Å². The van der Waals surface area contributed by atoms with E-state index in [1.165, 1.54) is 0 Å². The van der Waals surface area contributed by atoms with Crippen LogP contribution in [0.15, 0.2) is 0 Å². The van der Waals surface area contributed by atoms with E-state index in [0.717, 1.165) is 0 Å². The molecule has 0 aliphatic heterocycles. The van der Waals surface area contributed by atoms with E-state index in [1.807, 2.05) is 0 Å². The van der Waals surface area contributed by atoms with Crippen molar-refractivity contribution in [1.29, 1.82) is 0 Å². The van der Waals surface area contributed by atoms with Gasteiger partial charge in [0.1, 0.15) is 0 Å². The van der Waals surface area contributed by atoms with Crippen molar-refractivity contribution in [2.45, 2.75) is 79.4 Å². The van der Waals surface area contributed by atoms with Crippen LogP contribution in [0.4, 0.5) is 0 Å². The highest BCUT2D eigenvalue weighted by atomic mass is 16.3. The van der Waals surface area contributed by atoms with E-state index < -0.39 is 11.2 Å². The van der Waals surface area contributed by atoms with Crippen LogP contribution in [0.3, 0.4) is 0 Å². The monoisotopic (exact) mass is 230 g/mol. The molecule has 0 unspecified atom stereocenters. The van der Waals surface area contributed by atoms with E-state index in [0.29, 0.717) is 12.8 Å². The van der Waals surface area contributed by atoms with Gasteiger partial charge >= 0.3 is 0 Å². The molecule has 0 rings (SSSR count). The number of hydrogen-bond acceptors (Lipinski definition) is 2. The van der Waals surface area contributed by atoms with E-state index in [9.17, 15) is 10.2 Å². The molecule has 0 heterocycles. The Balaban J connectivity index is 5.00. The van der Waals surface area contributed by atoms with Crippen LogP contribution in [0.5, 0.6) is 0 Å². The Bertz CT molecular complexity index is 209. The van der Waals surface area contributed by atoms with Crippen LogP contribution in [0.25, 0.3) is 0 Å². The summed E-state index contributed by atoms with van der Waals surface area (Å²) in [5, 5.41) is 20.7. The maximum atomic E-state index is 10.9. The third-order valence-corrected chi connectivity index (χ3v) is 3.58. The molecule has 2 heteroatoms. The summed E-state index contributed by atoms with van der Waals surface area (Å²) in [6.07, 6.45) is 1.22. The SMILES string of the molecule is CC(C)(O)CCC(O)(C(C)(C)C)C(C)(C)C. The Morgan fingerprint density at radius 3 is 1.12 bits per heavy atom. The van der Waals surface area contributed by atoms with Crippen molar-refractivity contribution < 1.29 is 10.2 Å². The Kier molecular flexibility index (Phi) is 4.28. The molecule has 0 aliphatic carbocycles. The Labute approximate surface area is 101 Å². The molecule has 0 aromatic rings. The fourth-order valence-corrected chi connectivity index (χ4v) is 2.36. The van der Waals surface area contributed by atoms with E-state index in [4.69, 9.17) is 0 Å². The van der Waals surface area contributed by atoms with Gasteiger partial charge in [-0.25, -0.2) is 0 Å². The normalized spacial score (nSPS) is 15.4. The summed E-state index contributed by atoms with van der Waals surface area (Å²) in [6.45, 7) is 15.9. The van der Waals surface area contributed by atoms with Crippen LogP contribution in [0, 0.1) is 10.8 Å². The van der Waals surface area contributed by atoms with Gasteiger partial charge in [-0.2, -0.15) is 0 Å². The molecule has 16 heavy (non-hydrogen) atoms. The van der Waals surface area contributed by atoms with Gasteiger partial charge in [0, 0.05) is 0 Å². The minimum Gasteiger partial charge on any atom is -0.390 e. The molecule has 0 saturated carbocycles. The summed E-state index contributed by atoms with van der Waals surface area (Å²) in [5.74, 6) is 0. The minimum absolute atomic E-state index is 0.198. The minimum atomic E-state index is -0.778. The molecule has 0 aromatic heterocycles. The fraction of sp³-hybridized carbons (Fsp3) is 1.00. The number of rotatable bonds is 3. The van der Waals surface area contributed by atoms with Gasteiger partial charge in [0.25, 0.3) is 0 Å². The van der Waals surface area contributed by atoms with Crippen LogP contribution < -0.4 is 0 Å². The average Bonchev–Trinajstić information content (AvgIpc) is 1.93. The summed E-state index contributed by atoms with van der Waals surface area (Å²) in [6, 6.07) is 0. The Morgan fingerprint density at radius 2 is 0.938 bits per heavy atom. The van der Waals surface area contributed by atoms with Crippen molar-refractivity contribution in [3.05, 3.63) is 0 Å². The summed E-state index contributed by atoms with van der Waals surface area (Å²) < 4.78 is 0. The van der Waals surface area contributed by atoms with Gasteiger partial charge in [0.15, 0.2) is 0 Å². The molecule has 2 N–H and O–H groups in total. The smallest absolute Gasteiger partial charge is 0.0744 e. The van der Waals surface area contributed by atoms with Crippen LogP contribution in [0.1, 0.15) is 68.2 Å². The summed E-state index contributed by atoms with van der Waals surface area (Å²) in [7, 11) is 0. The molecule has 2 nitrogen and oxygen atoms in total. The van der Waals surface area contributed by atoms with E-state index in [-0.39, 0.29) is 10.8 Å². The summed E-state index contributed by atoms with van der Waals surface area (Å²) in [4.78, 5) is 0. The zero-order valence-corrected chi connectivity index (χ0v) is 12.3. The predicted octanol–water partition coefficient (Wildman–Crippen LogP) is 3.36. The van der Waals surface area contributed by atoms with E-state index in [2.05, 4.69) is 41.5 Å². The summed E-state index contributed by atoms with van der Waals surface area (Å²) in [5.41, 5.74) is -1.89. The molecule has 98 valence electrons. The molecule has 0 spiro atoms. The lowest BCUT2D eigenvalue weighted by molar-refractivity contribution is -0.150. The van der Waals surface area contributed by atoms with Crippen LogP contribution >= 0.6 is 0 Å². The first-order valence-electron chi connectivity index (χ1n) is 6.15. The van der Waals surface area contributed by atoms with Crippen molar-refractivity contribution >= 4 is 0 Å². The molecule has 0 fully saturated rings. The summed E-state index contributed by atoms with van der Waals surface area (Å²) >= 11 is 0. The quantitative estimate of drug-likeness (QED) is 0.780. The topological polar surface area (TPSA) is 40.5 Å². The number of hydrogen-bond donors (Lipinski definition) is 2. The van der Waals surface area contributed by atoms with Gasteiger partial charge in [0.2, 0.25) is 0 Å². The van der Waals surface area contributed by atoms with Crippen molar-refractivity contribution in [3.63, 3.8) is 0 Å². The first-order chi connectivity index (χ1) is 6.71. The standard InChI is InChI=1S/C14H30O2/c1-11(2,3)14(16,12(4,5)6)10-9-13(7,8)15/h15-16H,9-10H2,1-8H3. The van der Waals surface area contributed by atoms with Crippen LogP contribution in [-0.4, -0.2) is 21.4 Å². The van der Waals surface area contributed by atoms with Gasteiger partial charge < -0.3 is 10.2 Å². The number of aliphatic hydroxyl groups is 2. The van der Waals surface area contributed by atoms with Gasteiger partial charge in [-0.15, -0.1) is 0 Å². The first kappa shape index (κ1) is 15.9. The Morgan fingerprint density at radius 1 is 0.625 bits per heavy atom. The van der Waals surface area contributed by atoms with Gasteiger partial charge in [-0.3, -0.25) is 0 Å². The second-order valence-electron chi connectivity index (χ2n) is 7.67. The van der Waals surface area contributed by atoms with Crippen molar-refractivity contribution in [3.8, 4) is 0 Å². The maximum absolute atomic E-state index is 10.9. The molecule has 0 aromatic carbocycles. The zero-order valence-electron chi connectivity index (χ0n) is 12.3. The highest BCUT2D eigenvalue weighted by molar-refractivity contribution is 5.00. The fourth-order valence-electron chi connectivity index (χ4n) is 2.36. The highest BCUT2D eigenvalue weighted by Gasteiger charge is 2.49. The molecule has 0 saturated heterocycles. The lowest BCUT2D eigenvalue weighted by atomic mass is 9.60. The van der Waals surface area contributed by atoms with Crippen molar-refractivity contribution in [1.82, 2.24) is 0 Å². The maximum Gasteiger partial charge on any atom is 0.0744 e. The van der Waals surface area contributed by atoms with E-state index in [1.54, 1.807) is 13.8 Å². The Hall–Kier alpha value is -0.0800. The first-order valence-corrected chi connectivity index (χ1v) is 6.15. The molecule has 0 aliphatic rings. The van der Waals surface area contributed by atoms with Crippen molar-refractivity contribution in [2.75, 3.05) is 0 Å². The molecule has 0 atom stereocenters. The van der Waals surface area contributed by atoms with Gasteiger partial charge in [-0.1, -0.05) is 41.5 Å². The van der Waals surface area contributed by atoms with Gasteiger partial charge in [-0.05, 0) is 37.5 Å². The third kappa shape index (κ3) is 3.74. The molecular formula is C14H30O2. The van der Waals surface area contributed by atoms with Crippen LogP contribution in [-0.2, 0) is 0 Å². The molecular weight excluding hydrogens is 200 g/mol. The second kappa shape index (κ2) is 4.30. The largest absolute Gasteiger partial charge is 0.390 e. The lowest BCUT2D eigenvalue weighted by Gasteiger charge is -2.50. The zero-order chi connectivity index (χ0) is 13.4. The molecule has 0 radical (unpaired) electrons. The highest BCUT2D eigenvalue weighted by Crippen LogP contribution is 2.47. The lowest BCUT2D eigenvalue weighted by Crippen LogP contribution is -2.53. The van der Waals surface area contributed by atoms with E-state index >= 15 is 0 Å². The molecule has 0 bridgehead atoms. The van der Waals surface area contributed by atoms with Crippen LogP contribution in [0.2, 0.25) is 0 Å². The molecule has 0 amide bonds. The second-order valence-corrected chi connectivity index (χ2v) is 7.67. The third-order valence-electron chi connectivity index (χ3n) is 3.58. The average molecular weight is 230 g/mol. The van der Waals surface area contributed by atoms with Gasteiger partial charge in [0.05, 0.1) is 11.2 Å². The predicted molar refractivity (Wildman–Crippen MR) is 69.4 cm³/mol.